The summed E-state index contributed by atoms with van der Waals surface area (Å²) in [5, 5.41) is 3.23. The molecule has 0 saturated carbocycles. The number of hydrogen-bond acceptors (Lipinski definition) is 4. The minimum absolute atomic E-state index is 0.286. The van der Waals surface area contributed by atoms with Crippen LogP contribution in [0.15, 0.2) is 17.2 Å². The average molecular weight is 301 g/mol. The van der Waals surface area contributed by atoms with Crippen LogP contribution in [0.1, 0.15) is 25.5 Å². The fourth-order valence-corrected chi connectivity index (χ4v) is 3.26. The number of ether oxygens (including phenoxy) is 1. The monoisotopic (exact) mass is 301 g/mol. The Balaban J connectivity index is 1.88. The van der Waals surface area contributed by atoms with Gasteiger partial charge in [-0.2, -0.15) is 0 Å². The van der Waals surface area contributed by atoms with Crippen molar-refractivity contribution >= 4 is 10.0 Å². The van der Waals surface area contributed by atoms with Crippen molar-refractivity contribution in [3.8, 4) is 0 Å². The molecule has 0 bridgehead atoms. The standard InChI is InChI=1S/C13H23N3O3S/c1-2-4-14-8-12-6-13(9-15-12)20(17,18)16-7-11-3-5-19-10-11/h6,9,11,14-16H,2-5,7-8,10H2,1H3. The largest absolute Gasteiger partial charge is 0.381 e. The highest BCUT2D eigenvalue weighted by atomic mass is 32.2. The minimum atomic E-state index is -3.42. The van der Waals surface area contributed by atoms with Crippen molar-refractivity contribution in [2.24, 2.45) is 5.92 Å². The lowest BCUT2D eigenvalue weighted by Crippen LogP contribution is -2.29. The molecule has 2 heterocycles. The van der Waals surface area contributed by atoms with Crippen molar-refractivity contribution in [3.63, 3.8) is 0 Å². The van der Waals surface area contributed by atoms with E-state index < -0.39 is 10.0 Å². The van der Waals surface area contributed by atoms with Crippen LogP contribution in [0.4, 0.5) is 0 Å². The molecule has 3 N–H and O–H groups in total. The number of hydrogen-bond donors (Lipinski definition) is 3. The van der Waals surface area contributed by atoms with Crippen LogP contribution in [0.3, 0.4) is 0 Å². The van der Waals surface area contributed by atoms with Crippen LogP contribution in [0.25, 0.3) is 0 Å². The maximum atomic E-state index is 12.1. The van der Waals surface area contributed by atoms with E-state index in [-0.39, 0.29) is 5.92 Å². The van der Waals surface area contributed by atoms with Crippen LogP contribution in [0, 0.1) is 5.92 Å². The highest BCUT2D eigenvalue weighted by Crippen LogP contribution is 2.14. The van der Waals surface area contributed by atoms with E-state index in [1.165, 1.54) is 6.20 Å². The van der Waals surface area contributed by atoms with Gasteiger partial charge in [-0.3, -0.25) is 0 Å². The zero-order chi connectivity index (χ0) is 14.4. The molecular formula is C13H23N3O3S. The fourth-order valence-electron chi connectivity index (χ4n) is 2.13. The molecule has 1 aliphatic heterocycles. The zero-order valence-corrected chi connectivity index (χ0v) is 12.6. The summed E-state index contributed by atoms with van der Waals surface area (Å²) >= 11 is 0. The van der Waals surface area contributed by atoms with Gasteiger partial charge in [-0.15, -0.1) is 0 Å². The Morgan fingerprint density at radius 2 is 2.35 bits per heavy atom. The molecule has 1 aromatic heterocycles. The minimum Gasteiger partial charge on any atom is -0.381 e. The number of sulfonamides is 1. The van der Waals surface area contributed by atoms with E-state index in [0.717, 1.165) is 31.7 Å². The van der Waals surface area contributed by atoms with Crippen molar-refractivity contribution in [2.75, 3.05) is 26.3 Å². The molecule has 7 heteroatoms. The smallest absolute Gasteiger partial charge is 0.242 e. The van der Waals surface area contributed by atoms with Crippen LogP contribution in [-0.2, 0) is 21.3 Å². The number of nitrogens with one attached hydrogen (secondary N) is 3. The lowest BCUT2D eigenvalue weighted by atomic mass is 10.1. The Labute approximate surface area is 120 Å². The molecule has 1 atom stereocenters. The average Bonchev–Trinajstić information content (AvgIpc) is 3.08. The molecule has 1 aliphatic rings. The van der Waals surface area contributed by atoms with Crippen molar-refractivity contribution in [1.82, 2.24) is 15.0 Å². The summed E-state index contributed by atoms with van der Waals surface area (Å²) in [4.78, 5) is 3.29. The van der Waals surface area contributed by atoms with E-state index in [0.29, 0.717) is 24.6 Å². The molecule has 1 fully saturated rings. The molecule has 0 amide bonds. The first-order valence-corrected chi connectivity index (χ1v) is 8.55. The lowest BCUT2D eigenvalue weighted by Gasteiger charge is -2.08. The van der Waals surface area contributed by atoms with Gasteiger partial charge in [-0.1, -0.05) is 6.92 Å². The molecule has 20 heavy (non-hydrogen) atoms. The molecule has 1 saturated heterocycles. The topological polar surface area (TPSA) is 83.2 Å². The summed E-state index contributed by atoms with van der Waals surface area (Å²) < 4.78 is 32.2. The number of aromatic amines is 1. The highest BCUT2D eigenvalue weighted by molar-refractivity contribution is 7.89. The molecule has 1 unspecified atom stereocenters. The molecule has 6 nitrogen and oxygen atoms in total. The van der Waals surface area contributed by atoms with E-state index in [4.69, 9.17) is 4.74 Å². The molecular weight excluding hydrogens is 278 g/mol. The van der Waals surface area contributed by atoms with Crippen LogP contribution in [0.2, 0.25) is 0 Å². The van der Waals surface area contributed by atoms with Gasteiger partial charge in [-0.25, -0.2) is 13.1 Å². The molecule has 0 aliphatic carbocycles. The number of H-pyrrole nitrogens is 1. The summed E-state index contributed by atoms with van der Waals surface area (Å²) in [6, 6.07) is 1.68. The van der Waals surface area contributed by atoms with E-state index in [1.807, 2.05) is 0 Å². The third kappa shape index (κ3) is 4.31. The summed E-state index contributed by atoms with van der Waals surface area (Å²) in [5.74, 6) is 0.286. The molecule has 114 valence electrons. The maximum Gasteiger partial charge on any atom is 0.242 e. The predicted molar refractivity (Wildman–Crippen MR) is 76.9 cm³/mol. The Kier molecular flexibility index (Phi) is 5.59. The normalized spacial score (nSPS) is 19.6. The first-order valence-electron chi connectivity index (χ1n) is 7.07. The van der Waals surface area contributed by atoms with Crippen LogP contribution in [-0.4, -0.2) is 39.7 Å². The number of rotatable bonds is 8. The first-order chi connectivity index (χ1) is 9.62. The molecule has 0 aromatic carbocycles. The quantitative estimate of drug-likeness (QED) is 0.621. The van der Waals surface area contributed by atoms with Gasteiger partial charge in [0, 0.05) is 31.6 Å². The lowest BCUT2D eigenvalue weighted by molar-refractivity contribution is 0.186. The van der Waals surface area contributed by atoms with E-state index in [1.54, 1.807) is 6.07 Å². The van der Waals surface area contributed by atoms with Crippen LogP contribution < -0.4 is 10.0 Å². The summed E-state index contributed by atoms with van der Waals surface area (Å²) in [6.45, 7) is 5.47. The third-order valence-electron chi connectivity index (χ3n) is 3.35. The second kappa shape index (κ2) is 7.21. The summed E-state index contributed by atoms with van der Waals surface area (Å²) in [6.07, 6.45) is 3.51. The van der Waals surface area contributed by atoms with Gasteiger partial charge >= 0.3 is 0 Å². The SMILES string of the molecule is CCCNCc1cc(S(=O)(=O)NCC2CCOC2)c[nH]1. The zero-order valence-electron chi connectivity index (χ0n) is 11.8. The summed E-state index contributed by atoms with van der Waals surface area (Å²) in [5.41, 5.74) is 0.878. The predicted octanol–water partition coefficient (Wildman–Crippen LogP) is 0.829. The van der Waals surface area contributed by atoms with Crippen molar-refractivity contribution in [3.05, 3.63) is 18.0 Å². The maximum absolute atomic E-state index is 12.1. The van der Waals surface area contributed by atoms with Gasteiger partial charge in [0.1, 0.15) is 0 Å². The summed E-state index contributed by atoms with van der Waals surface area (Å²) in [7, 11) is -3.42. The van der Waals surface area contributed by atoms with E-state index in [9.17, 15) is 8.42 Å². The second-order valence-corrected chi connectivity index (χ2v) is 6.89. The molecule has 0 spiro atoms. The van der Waals surface area contributed by atoms with Crippen LogP contribution >= 0.6 is 0 Å². The molecule has 2 rings (SSSR count). The Morgan fingerprint density at radius 1 is 1.50 bits per heavy atom. The van der Waals surface area contributed by atoms with Gasteiger partial charge in [0.15, 0.2) is 0 Å². The van der Waals surface area contributed by atoms with Gasteiger partial charge in [-0.05, 0) is 31.4 Å². The Hall–Kier alpha value is -0.890. The van der Waals surface area contributed by atoms with Gasteiger partial charge < -0.3 is 15.0 Å². The van der Waals surface area contributed by atoms with Gasteiger partial charge in [0.05, 0.1) is 11.5 Å². The Morgan fingerprint density at radius 3 is 3.05 bits per heavy atom. The first kappa shape index (κ1) is 15.5. The van der Waals surface area contributed by atoms with Crippen molar-refractivity contribution in [2.45, 2.75) is 31.2 Å². The van der Waals surface area contributed by atoms with Crippen LogP contribution in [0.5, 0.6) is 0 Å². The highest BCUT2D eigenvalue weighted by Gasteiger charge is 2.21. The molecule has 1 aromatic rings. The molecule has 0 radical (unpaired) electrons. The third-order valence-corrected chi connectivity index (χ3v) is 4.76. The Bertz CT molecular complexity index is 507. The fraction of sp³-hybridized carbons (Fsp3) is 0.692. The van der Waals surface area contributed by atoms with E-state index >= 15 is 0 Å². The van der Waals surface area contributed by atoms with Gasteiger partial charge in [0.25, 0.3) is 0 Å². The number of aromatic nitrogens is 1. The second-order valence-electron chi connectivity index (χ2n) is 5.12. The van der Waals surface area contributed by atoms with Crippen molar-refractivity contribution < 1.29 is 13.2 Å². The van der Waals surface area contributed by atoms with Gasteiger partial charge in [0.2, 0.25) is 10.0 Å². The van der Waals surface area contributed by atoms with Crippen molar-refractivity contribution in [1.29, 1.82) is 0 Å². The van der Waals surface area contributed by atoms with E-state index in [2.05, 4.69) is 21.9 Å².